The first-order valence-corrected chi connectivity index (χ1v) is 8.78. The van der Waals surface area contributed by atoms with Gasteiger partial charge >= 0.3 is 0 Å². The highest BCUT2D eigenvalue weighted by atomic mass is 16.2. The van der Waals surface area contributed by atoms with E-state index in [1.54, 1.807) is 10.9 Å². The molecular formula is C20H28N4O. The van der Waals surface area contributed by atoms with Crippen molar-refractivity contribution in [2.24, 2.45) is 12.5 Å². The molecule has 0 saturated heterocycles. The van der Waals surface area contributed by atoms with Gasteiger partial charge in [-0.25, -0.2) is 0 Å². The van der Waals surface area contributed by atoms with Gasteiger partial charge in [0, 0.05) is 19.0 Å². The van der Waals surface area contributed by atoms with Crippen molar-refractivity contribution in [2.75, 3.05) is 25.5 Å². The summed E-state index contributed by atoms with van der Waals surface area (Å²) in [6.45, 7) is 7.83. The van der Waals surface area contributed by atoms with Gasteiger partial charge in [-0.05, 0) is 31.4 Å². The van der Waals surface area contributed by atoms with Gasteiger partial charge in [0.05, 0.1) is 24.1 Å². The number of likely N-dealkylation sites (N-methyl/N-ethyl adjacent to an activating group) is 1. The molecule has 134 valence electrons. The third kappa shape index (κ3) is 3.33. The number of hydrogen-bond donors (Lipinski definition) is 1. The Balaban J connectivity index is 1.64. The molecule has 1 heterocycles. The fraction of sp³-hybridized carbons (Fsp3) is 0.500. The molecule has 1 aromatic heterocycles. The van der Waals surface area contributed by atoms with Gasteiger partial charge < -0.3 is 5.32 Å². The lowest BCUT2D eigenvalue weighted by atomic mass is 9.87. The van der Waals surface area contributed by atoms with E-state index >= 15 is 0 Å². The molecule has 0 radical (unpaired) electrons. The van der Waals surface area contributed by atoms with Crippen LogP contribution in [0.25, 0.3) is 0 Å². The number of hydrogen-bond acceptors (Lipinski definition) is 3. The zero-order valence-electron chi connectivity index (χ0n) is 15.8. The molecule has 1 amide bonds. The number of anilines is 1. The Morgan fingerprint density at radius 3 is 2.48 bits per heavy atom. The van der Waals surface area contributed by atoms with Crippen LogP contribution in [-0.2, 0) is 17.3 Å². The highest BCUT2D eigenvalue weighted by molar-refractivity contribution is 5.92. The molecule has 1 atom stereocenters. The largest absolute Gasteiger partial charge is 0.322 e. The maximum absolute atomic E-state index is 12.4. The summed E-state index contributed by atoms with van der Waals surface area (Å²) in [5.74, 6) is 0.000248. The maximum atomic E-state index is 12.4. The second kappa shape index (κ2) is 6.30. The normalized spacial score (nSPS) is 21.4. The molecule has 0 bridgehead atoms. The first-order valence-electron chi connectivity index (χ1n) is 8.78. The van der Waals surface area contributed by atoms with Crippen molar-refractivity contribution in [2.45, 2.75) is 32.6 Å². The van der Waals surface area contributed by atoms with Gasteiger partial charge in [-0.1, -0.05) is 44.2 Å². The number of rotatable bonds is 6. The molecule has 0 spiro atoms. The molecule has 5 heteroatoms. The van der Waals surface area contributed by atoms with E-state index in [2.05, 4.69) is 59.5 Å². The van der Waals surface area contributed by atoms with Crippen molar-refractivity contribution in [3.8, 4) is 0 Å². The lowest BCUT2D eigenvalue weighted by Gasteiger charge is -2.27. The van der Waals surface area contributed by atoms with Crippen LogP contribution in [0.3, 0.4) is 0 Å². The van der Waals surface area contributed by atoms with Crippen LogP contribution in [0.4, 0.5) is 5.69 Å². The number of amides is 1. The lowest BCUT2D eigenvalue weighted by Crippen LogP contribution is -2.37. The molecule has 5 nitrogen and oxygen atoms in total. The van der Waals surface area contributed by atoms with E-state index in [0.717, 1.165) is 24.3 Å². The molecule has 3 rings (SSSR count). The number of benzene rings is 1. The first kappa shape index (κ1) is 17.7. The van der Waals surface area contributed by atoms with Gasteiger partial charge in [0.25, 0.3) is 0 Å². The lowest BCUT2D eigenvalue weighted by molar-refractivity contribution is -0.117. The van der Waals surface area contributed by atoms with E-state index in [1.165, 1.54) is 5.56 Å². The van der Waals surface area contributed by atoms with Crippen molar-refractivity contribution in [1.29, 1.82) is 0 Å². The second-order valence-electron chi connectivity index (χ2n) is 8.00. The molecule has 2 aromatic rings. The highest BCUT2D eigenvalue weighted by Crippen LogP contribution is 2.64. The van der Waals surface area contributed by atoms with Crippen LogP contribution in [0, 0.1) is 12.3 Å². The Kier molecular flexibility index (Phi) is 4.45. The first-order chi connectivity index (χ1) is 11.7. The Labute approximate surface area is 150 Å². The summed E-state index contributed by atoms with van der Waals surface area (Å²) >= 11 is 0. The van der Waals surface area contributed by atoms with Crippen molar-refractivity contribution in [3.63, 3.8) is 0 Å². The number of aryl methyl sites for hydroxylation is 1. The van der Waals surface area contributed by atoms with Crippen molar-refractivity contribution >= 4 is 11.6 Å². The molecule has 1 aliphatic carbocycles. The predicted molar refractivity (Wildman–Crippen MR) is 101 cm³/mol. The zero-order valence-corrected chi connectivity index (χ0v) is 15.8. The smallest absolute Gasteiger partial charge is 0.238 e. The van der Waals surface area contributed by atoms with Crippen molar-refractivity contribution in [3.05, 3.63) is 47.8 Å². The quantitative estimate of drug-likeness (QED) is 0.879. The van der Waals surface area contributed by atoms with E-state index < -0.39 is 0 Å². The highest BCUT2D eigenvalue weighted by Gasteiger charge is 2.61. The van der Waals surface area contributed by atoms with E-state index in [-0.39, 0.29) is 16.7 Å². The van der Waals surface area contributed by atoms with Gasteiger partial charge in [-0.3, -0.25) is 14.4 Å². The second-order valence-corrected chi connectivity index (χ2v) is 8.00. The summed E-state index contributed by atoms with van der Waals surface area (Å²) < 4.78 is 1.76. The minimum absolute atomic E-state index is 0.000248. The number of nitrogens with zero attached hydrogens (tertiary/aromatic N) is 3. The number of carbonyl (C=O) groups is 1. The maximum Gasteiger partial charge on any atom is 0.238 e. The topological polar surface area (TPSA) is 50.2 Å². The summed E-state index contributed by atoms with van der Waals surface area (Å²) in [5.41, 5.74) is 3.51. The van der Waals surface area contributed by atoms with Crippen molar-refractivity contribution < 1.29 is 4.79 Å². The van der Waals surface area contributed by atoms with E-state index in [9.17, 15) is 4.79 Å². The van der Waals surface area contributed by atoms with Crippen LogP contribution in [-0.4, -0.2) is 40.7 Å². The molecule has 0 aliphatic heterocycles. The fourth-order valence-corrected chi connectivity index (χ4v) is 3.89. The number of aromatic nitrogens is 2. The van der Waals surface area contributed by atoms with Crippen LogP contribution in [0.5, 0.6) is 0 Å². The predicted octanol–water partition coefficient (Wildman–Crippen LogP) is 2.97. The van der Waals surface area contributed by atoms with Gasteiger partial charge in [0.15, 0.2) is 0 Å². The summed E-state index contributed by atoms with van der Waals surface area (Å²) in [6.07, 6.45) is 2.85. The van der Waals surface area contributed by atoms with E-state index in [1.807, 2.05) is 21.0 Å². The average molecular weight is 340 g/mol. The Morgan fingerprint density at radius 2 is 1.96 bits per heavy atom. The Hall–Kier alpha value is -2.14. The number of carbonyl (C=O) groups excluding carboxylic acids is 1. The fourth-order valence-electron chi connectivity index (χ4n) is 3.89. The molecule has 1 saturated carbocycles. The van der Waals surface area contributed by atoms with Gasteiger partial charge in [0.2, 0.25) is 5.91 Å². The monoisotopic (exact) mass is 340 g/mol. The summed E-state index contributed by atoms with van der Waals surface area (Å²) in [7, 11) is 3.89. The standard InChI is InChI=1S/C20H28N4O/c1-15-17(11-21-24(15)5)22-18(25)12-23(4)14-20(13-19(20,2)3)16-9-7-6-8-10-16/h6-11H,12-14H2,1-5H3,(H,22,25). The Bertz CT molecular complexity index is 765. The van der Waals surface area contributed by atoms with Crippen LogP contribution in [0.2, 0.25) is 0 Å². The van der Waals surface area contributed by atoms with Crippen LogP contribution in [0.1, 0.15) is 31.5 Å². The molecule has 1 fully saturated rings. The molecule has 1 unspecified atom stereocenters. The molecule has 25 heavy (non-hydrogen) atoms. The van der Waals surface area contributed by atoms with Gasteiger partial charge in [-0.15, -0.1) is 0 Å². The molecular weight excluding hydrogens is 312 g/mol. The van der Waals surface area contributed by atoms with Crippen molar-refractivity contribution in [1.82, 2.24) is 14.7 Å². The minimum Gasteiger partial charge on any atom is -0.322 e. The summed E-state index contributed by atoms with van der Waals surface area (Å²) in [6, 6.07) is 10.7. The molecule has 1 N–H and O–H groups in total. The van der Waals surface area contributed by atoms with E-state index in [0.29, 0.717) is 6.54 Å². The minimum atomic E-state index is 0.000248. The zero-order chi connectivity index (χ0) is 18.2. The third-order valence-electron chi connectivity index (χ3n) is 5.70. The summed E-state index contributed by atoms with van der Waals surface area (Å²) in [4.78, 5) is 14.5. The van der Waals surface area contributed by atoms with E-state index in [4.69, 9.17) is 0 Å². The molecule has 1 aromatic carbocycles. The van der Waals surface area contributed by atoms with Crippen LogP contribution in [0.15, 0.2) is 36.5 Å². The van der Waals surface area contributed by atoms with Gasteiger partial charge in [0.1, 0.15) is 0 Å². The Morgan fingerprint density at radius 1 is 1.32 bits per heavy atom. The molecule has 1 aliphatic rings. The summed E-state index contributed by atoms with van der Waals surface area (Å²) in [5, 5.41) is 7.13. The number of nitrogens with one attached hydrogen (secondary N) is 1. The van der Waals surface area contributed by atoms with Crippen LogP contribution >= 0.6 is 0 Å². The van der Waals surface area contributed by atoms with Gasteiger partial charge in [-0.2, -0.15) is 5.10 Å². The van der Waals surface area contributed by atoms with Crippen LogP contribution < -0.4 is 5.32 Å². The third-order valence-corrected chi connectivity index (χ3v) is 5.70. The SMILES string of the molecule is Cc1c(NC(=O)CN(C)CC2(c3ccccc3)CC2(C)C)cnn1C. The average Bonchev–Trinajstić information content (AvgIpc) is 2.98.